The molecule has 2 aromatic rings. The van der Waals surface area contributed by atoms with Crippen LogP contribution in [0.5, 0.6) is 0 Å². The van der Waals surface area contributed by atoms with E-state index in [-0.39, 0.29) is 18.2 Å². The van der Waals surface area contributed by atoms with Crippen LogP contribution in [0.4, 0.5) is 4.79 Å². The van der Waals surface area contributed by atoms with Gasteiger partial charge in [-0.15, -0.1) is 0 Å². The van der Waals surface area contributed by atoms with Gasteiger partial charge < -0.3 is 5.32 Å². The Bertz CT molecular complexity index is 810. The first-order valence-corrected chi connectivity index (χ1v) is 7.61. The number of amides is 3. The third kappa shape index (κ3) is 2.38. The van der Waals surface area contributed by atoms with Gasteiger partial charge in [0.15, 0.2) is 5.78 Å². The normalized spacial score (nSPS) is 20.9. The Labute approximate surface area is 134 Å². The van der Waals surface area contributed by atoms with Gasteiger partial charge in [-0.2, -0.15) is 0 Å². The van der Waals surface area contributed by atoms with Crippen molar-refractivity contribution in [2.45, 2.75) is 25.8 Å². The van der Waals surface area contributed by atoms with Crippen molar-refractivity contribution in [3.05, 3.63) is 48.0 Å². The van der Waals surface area contributed by atoms with Crippen LogP contribution in [0.25, 0.3) is 10.8 Å². The van der Waals surface area contributed by atoms with Gasteiger partial charge in [-0.3, -0.25) is 14.5 Å². The van der Waals surface area contributed by atoms with Crippen LogP contribution in [0.3, 0.4) is 0 Å². The molecule has 3 amide bonds. The van der Waals surface area contributed by atoms with E-state index in [2.05, 4.69) is 5.32 Å². The summed E-state index contributed by atoms with van der Waals surface area (Å²) < 4.78 is 0. The number of fused-ring (bicyclic) bond motifs is 1. The molecule has 0 bridgehead atoms. The fourth-order valence-corrected chi connectivity index (χ4v) is 2.97. The molecule has 3 rings (SSSR count). The fraction of sp³-hybridized carbons (Fsp3) is 0.278. The Hall–Kier alpha value is -2.69. The second kappa shape index (κ2) is 5.50. The van der Waals surface area contributed by atoms with Gasteiger partial charge in [0, 0.05) is 6.42 Å². The number of nitrogens with one attached hydrogen (secondary N) is 1. The molecule has 2 aromatic carbocycles. The van der Waals surface area contributed by atoms with Crippen molar-refractivity contribution in [3.63, 3.8) is 0 Å². The molecule has 1 fully saturated rings. The minimum atomic E-state index is -1.16. The number of imide groups is 1. The molecule has 1 aliphatic rings. The van der Waals surface area contributed by atoms with E-state index in [9.17, 15) is 14.4 Å². The molecule has 0 aromatic heterocycles. The summed E-state index contributed by atoms with van der Waals surface area (Å²) >= 11 is 0. The molecule has 0 aliphatic carbocycles. The highest BCUT2D eigenvalue weighted by Gasteiger charge is 2.49. The second-order valence-electron chi connectivity index (χ2n) is 5.87. The van der Waals surface area contributed by atoms with Gasteiger partial charge in [-0.1, -0.05) is 49.4 Å². The van der Waals surface area contributed by atoms with Crippen LogP contribution in [0, 0.1) is 0 Å². The highest BCUT2D eigenvalue weighted by atomic mass is 16.2. The maximum absolute atomic E-state index is 12.8. The van der Waals surface area contributed by atoms with Gasteiger partial charge in [-0.05, 0) is 23.3 Å². The predicted molar refractivity (Wildman–Crippen MR) is 86.8 cm³/mol. The molecule has 0 radical (unpaired) electrons. The number of hydrogen-bond acceptors (Lipinski definition) is 3. The molecule has 0 spiro atoms. The van der Waals surface area contributed by atoms with Crippen molar-refractivity contribution in [2.24, 2.45) is 0 Å². The number of Topliss-reactive ketones (excluding diaryl/α,β-unsaturated/α-hetero) is 1. The third-order valence-corrected chi connectivity index (χ3v) is 4.33. The summed E-state index contributed by atoms with van der Waals surface area (Å²) in [4.78, 5) is 37.7. The van der Waals surface area contributed by atoms with E-state index in [0.29, 0.717) is 6.42 Å². The lowest BCUT2D eigenvalue weighted by Gasteiger charge is -2.24. The molecule has 5 nitrogen and oxygen atoms in total. The van der Waals surface area contributed by atoms with Crippen LogP contribution in [0.1, 0.15) is 25.8 Å². The van der Waals surface area contributed by atoms with Crippen molar-refractivity contribution in [3.8, 4) is 0 Å². The van der Waals surface area contributed by atoms with E-state index in [1.807, 2.05) is 42.5 Å². The second-order valence-corrected chi connectivity index (χ2v) is 5.87. The molecular formula is C18H18N2O3. The highest BCUT2D eigenvalue weighted by Crippen LogP contribution is 2.33. The van der Waals surface area contributed by atoms with Gasteiger partial charge >= 0.3 is 6.03 Å². The number of rotatable bonds is 4. The first kappa shape index (κ1) is 15.2. The number of urea groups is 1. The molecule has 1 N–H and O–H groups in total. The Morgan fingerprint density at radius 1 is 1.13 bits per heavy atom. The number of carbonyl (C=O) groups excluding carboxylic acids is 3. The maximum Gasteiger partial charge on any atom is 0.325 e. The summed E-state index contributed by atoms with van der Waals surface area (Å²) in [5, 5.41) is 4.66. The molecule has 1 aliphatic heterocycles. The van der Waals surface area contributed by atoms with Crippen molar-refractivity contribution >= 4 is 28.5 Å². The topological polar surface area (TPSA) is 66.5 Å². The summed E-state index contributed by atoms with van der Waals surface area (Å²) in [6.45, 7) is 3.22. The number of hydrogen-bond donors (Lipinski definition) is 1. The van der Waals surface area contributed by atoms with Gasteiger partial charge in [0.2, 0.25) is 0 Å². The predicted octanol–water partition coefficient (Wildman–Crippen LogP) is 2.59. The number of nitrogens with zero attached hydrogens (tertiary/aromatic N) is 1. The maximum atomic E-state index is 12.8. The van der Waals surface area contributed by atoms with Gasteiger partial charge in [0.1, 0.15) is 5.54 Å². The van der Waals surface area contributed by atoms with E-state index in [0.717, 1.165) is 21.2 Å². The summed E-state index contributed by atoms with van der Waals surface area (Å²) in [5.41, 5.74) is -0.424. The molecule has 23 heavy (non-hydrogen) atoms. The van der Waals surface area contributed by atoms with E-state index in [1.165, 1.54) is 0 Å². The quantitative estimate of drug-likeness (QED) is 0.883. The smallest absolute Gasteiger partial charge is 0.319 e. The Balaban J connectivity index is 2.06. The van der Waals surface area contributed by atoms with Gasteiger partial charge in [-0.25, -0.2) is 4.79 Å². The Morgan fingerprint density at radius 2 is 1.83 bits per heavy atom. The lowest BCUT2D eigenvalue weighted by molar-refractivity contribution is -0.134. The third-order valence-electron chi connectivity index (χ3n) is 4.33. The first-order chi connectivity index (χ1) is 11.0. The zero-order chi connectivity index (χ0) is 16.6. The van der Waals surface area contributed by atoms with Crippen molar-refractivity contribution in [1.82, 2.24) is 10.2 Å². The minimum absolute atomic E-state index is 0.143. The monoisotopic (exact) mass is 310 g/mol. The van der Waals surface area contributed by atoms with Crippen LogP contribution in [0.15, 0.2) is 42.5 Å². The molecule has 118 valence electrons. The van der Waals surface area contributed by atoms with E-state index >= 15 is 0 Å². The van der Waals surface area contributed by atoms with Crippen molar-refractivity contribution < 1.29 is 14.4 Å². The minimum Gasteiger partial charge on any atom is -0.319 e. The largest absolute Gasteiger partial charge is 0.325 e. The number of ketones is 1. The zero-order valence-corrected chi connectivity index (χ0v) is 13.1. The summed E-state index contributed by atoms with van der Waals surface area (Å²) in [5.74, 6) is -0.531. The molecule has 0 saturated carbocycles. The van der Waals surface area contributed by atoms with E-state index in [1.54, 1.807) is 13.8 Å². The van der Waals surface area contributed by atoms with Crippen LogP contribution in [-0.2, 0) is 15.1 Å². The summed E-state index contributed by atoms with van der Waals surface area (Å²) in [6.07, 6.45) is 0.294. The molecule has 1 heterocycles. The fourth-order valence-electron chi connectivity index (χ4n) is 2.97. The average molecular weight is 310 g/mol. The lowest BCUT2D eigenvalue weighted by Crippen LogP contribution is -2.41. The highest BCUT2D eigenvalue weighted by molar-refractivity contribution is 6.10. The summed E-state index contributed by atoms with van der Waals surface area (Å²) in [6, 6.07) is 12.9. The Morgan fingerprint density at radius 3 is 2.57 bits per heavy atom. The average Bonchev–Trinajstić information content (AvgIpc) is 2.78. The van der Waals surface area contributed by atoms with Gasteiger partial charge in [0.25, 0.3) is 5.91 Å². The SMILES string of the molecule is CCC(=O)CN1C(=O)N[C@](C)(c2cccc3ccccc23)C1=O. The summed E-state index contributed by atoms with van der Waals surface area (Å²) in [7, 11) is 0. The molecule has 0 unspecified atom stereocenters. The molecule has 5 heteroatoms. The van der Waals surface area contributed by atoms with Crippen molar-refractivity contribution in [1.29, 1.82) is 0 Å². The van der Waals surface area contributed by atoms with Gasteiger partial charge in [0.05, 0.1) is 6.54 Å². The van der Waals surface area contributed by atoms with Crippen LogP contribution >= 0.6 is 0 Å². The van der Waals surface area contributed by atoms with Crippen LogP contribution < -0.4 is 5.32 Å². The number of carbonyl (C=O) groups is 3. The van der Waals surface area contributed by atoms with E-state index < -0.39 is 11.6 Å². The Kier molecular flexibility index (Phi) is 3.64. The van der Waals surface area contributed by atoms with Crippen molar-refractivity contribution in [2.75, 3.05) is 6.54 Å². The molecule has 1 saturated heterocycles. The first-order valence-electron chi connectivity index (χ1n) is 7.61. The van der Waals surface area contributed by atoms with Crippen LogP contribution in [0.2, 0.25) is 0 Å². The van der Waals surface area contributed by atoms with Crippen LogP contribution in [-0.4, -0.2) is 29.2 Å². The number of benzene rings is 2. The standard InChI is InChI=1S/C18H18N2O3/c1-3-13(21)11-20-16(22)18(2,19-17(20)23)15-10-6-8-12-7-4-5-9-14(12)15/h4-10H,3,11H2,1-2H3,(H,19,23)/t18-/m1/s1. The molecule has 1 atom stereocenters. The zero-order valence-electron chi connectivity index (χ0n) is 13.1. The molecular weight excluding hydrogens is 292 g/mol. The van der Waals surface area contributed by atoms with E-state index in [4.69, 9.17) is 0 Å². The lowest BCUT2D eigenvalue weighted by atomic mass is 9.88.